The number of carbonyl (C=O) groups excluding carboxylic acids is 1. The van der Waals surface area contributed by atoms with Crippen molar-refractivity contribution in [3.05, 3.63) is 24.0 Å². The van der Waals surface area contributed by atoms with Gasteiger partial charge in [0.2, 0.25) is 11.8 Å². The summed E-state index contributed by atoms with van der Waals surface area (Å²) in [5, 5.41) is 9.50. The van der Waals surface area contributed by atoms with Gasteiger partial charge < -0.3 is 5.32 Å². The Labute approximate surface area is 118 Å². The molecule has 0 aliphatic heterocycles. The topological polar surface area (TPSA) is 57.8 Å². The van der Waals surface area contributed by atoms with Crippen LogP contribution in [-0.4, -0.2) is 22.0 Å². The standard InChI is InChI=1S/C14H14F3N3O/c15-9-3-4-11-10(6-9)12(20-19-11)18-13(21)8-2-1-5-14(16,17)7-8/h3-4,6,8H,1-2,5,7H2,(H2,18,19,20,21). The Bertz CT molecular complexity index is 683. The van der Waals surface area contributed by atoms with Crippen LogP contribution >= 0.6 is 0 Å². The second-order valence-electron chi connectivity index (χ2n) is 5.40. The van der Waals surface area contributed by atoms with Gasteiger partial charge >= 0.3 is 0 Å². The maximum Gasteiger partial charge on any atom is 0.248 e. The Morgan fingerprint density at radius 2 is 2.24 bits per heavy atom. The Morgan fingerprint density at radius 3 is 3.00 bits per heavy atom. The summed E-state index contributed by atoms with van der Waals surface area (Å²) in [4.78, 5) is 12.1. The van der Waals surface area contributed by atoms with Crippen LogP contribution in [0.25, 0.3) is 10.9 Å². The number of hydrogen-bond donors (Lipinski definition) is 2. The van der Waals surface area contributed by atoms with Crippen LogP contribution in [0.15, 0.2) is 18.2 Å². The third-order valence-electron chi connectivity index (χ3n) is 3.78. The highest BCUT2D eigenvalue weighted by Gasteiger charge is 2.39. The number of carbonyl (C=O) groups is 1. The zero-order chi connectivity index (χ0) is 15.0. The van der Waals surface area contributed by atoms with E-state index in [0.29, 0.717) is 23.7 Å². The number of halogens is 3. The van der Waals surface area contributed by atoms with Crippen molar-refractivity contribution in [2.75, 3.05) is 5.32 Å². The van der Waals surface area contributed by atoms with Gasteiger partial charge in [0.15, 0.2) is 5.82 Å². The van der Waals surface area contributed by atoms with E-state index in [1.807, 2.05) is 0 Å². The second kappa shape index (κ2) is 5.05. The second-order valence-corrected chi connectivity index (χ2v) is 5.40. The van der Waals surface area contributed by atoms with E-state index in [9.17, 15) is 18.0 Å². The predicted octanol–water partition coefficient (Wildman–Crippen LogP) is 3.47. The van der Waals surface area contributed by atoms with Crippen LogP contribution < -0.4 is 5.32 Å². The van der Waals surface area contributed by atoms with Gasteiger partial charge in [0.25, 0.3) is 0 Å². The van der Waals surface area contributed by atoms with E-state index in [-0.39, 0.29) is 12.2 Å². The zero-order valence-electron chi connectivity index (χ0n) is 11.1. The van der Waals surface area contributed by atoms with E-state index in [1.54, 1.807) is 0 Å². The van der Waals surface area contributed by atoms with Crippen LogP contribution in [0.3, 0.4) is 0 Å². The molecule has 1 atom stereocenters. The van der Waals surface area contributed by atoms with Crippen molar-refractivity contribution >= 4 is 22.6 Å². The van der Waals surface area contributed by atoms with Crippen LogP contribution in [0.2, 0.25) is 0 Å². The molecule has 1 aliphatic rings. The largest absolute Gasteiger partial charge is 0.308 e. The maximum atomic E-state index is 13.3. The molecule has 4 nitrogen and oxygen atoms in total. The Balaban J connectivity index is 1.78. The average molecular weight is 297 g/mol. The quantitative estimate of drug-likeness (QED) is 0.891. The molecule has 1 amide bonds. The van der Waals surface area contributed by atoms with E-state index in [1.165, 1.54) is 18.2 Å². The number of nitrogens with one attached hydrogen (secondary N) is 2. The summed E-state index contributed by atoms with van der Waals surface area (Å²) < 4.78 is 39.9. The van der Waals surface area contributed by atoms with Crippen molar-refractivity contribution in [3.8, 4) is 0 Å². The summed E-state index contributed by atoms with van der Waals surface area (Å²) in [6.07, 6.45) is 0.127. The molecular formula is C14H14F3N3O. The SMILES string of the molecule is O=C(Nc1n[nH]c2ccc(F)cc12)C1CCCC(F)(F)C1. The van der Waals surface area contributed by atoms with Gasteiger partial charge in [0.1, 0.15) is 5.82 Å². The highest BCUT2D eigenvalue weighted by molar-refractivity contribution is 6.00. The number of aromatic nitrogens is 2. The van der Waals surface area contributed by atoms with E-state index in [0.717, 1.165) is 0 Å². The number of hydrogen-bond acceptors (Lipinski definition) is 2. The monoisotopic (exact) mass is 297 g/mol. The molecule has 1 aromatic carbocycles. The molecule has 2 N–H and O–H groups in total. The van der Waals surface area contributed by atoms with Crippen molar-refractivity contribution in [3.63, 3.8) is 0 Å². The number of anilines is 1. The third-order valence-corrected chi connectivity index (χ3v) is 3.78. The van der Waals surface area contributed by atoms with Crippen molar-refractivity contribution in [2.45, 2.75) is 31.6 Å². The van der Waals surface area contributed by atoms with Gasteiger partial charge in [-0.1, -0.05) is 0 Å². The molecule has 1 fully saturated rings. The number of alkyl halides is 2. The molecule has 1 unspecified atom stereocenters. The number of fused-ring (bicyclic) bond motifs is 1. The highest BCUT2D eigenvalue weighted by atomic mass is 19.3. The number of benzene rings is 1. The van der Waals surface area contributed by atoms with Crippen molar-refractivity contribution in [2.24, 2.45) is 5.92 Å². The fraction of sp³-hybridized carbons (Fsp3) is 0.429. The lowest BCUT2D eigenvalue weighted by atomic mass is 9.86. The molecule has 21 heavy (non-hydrogen) atoms. The van der Waals surface area contributed by atoms with Gasteiger partial charge in [-0.15, -0.1) is 0 Å². The van der Waals surface area contributed by atoms with Gasteiger partial charge in [0.05, 0.1) is 5.52 Å². The van der Waals surface area contributed by atoms with Crippen molar-refractivity contribution in [1.82, 2.24) is 10.2 Å². The summed E-state index contributed by atoms with van der Waals surface area (Å²) in [6, 6.07) is 4.01. The van der Waals surface area contributed by atoms with E-state index in [4.69, 9.17) is 0 Å². The number of rotatable bonds is 2. The lowest BCUT2D eigenvalue weighted by Gasteiger charge is -2.27. The van der Waals surface area contributed by atoms with Crippen molar-refractivity contribution < 1.29 is 18.0 Å². The number of amides is 1. The summed E-state index contributed by atoms with van der Waals surface area (Å²) in [6.45, 7) is 0. The zero-order valence-corrected chi connectivity index (χ0v) is 11.1. The summed E-state index contributed by atoms with van der Waals surface area (Å²) in [7, 11) is 0. The third kappa shape index (κ3) is 2.86. The van der Waals surface area contributed by atoms with Crippen LogP contribution in [0.5, 0.6) is 0 Å². The van der Waals surface area contributed by atoms with Gasteiger partial charge in [-0.3, -0.25) is 9.89 Å². The minimum absolute atomic E-state index is 0.170. The molecule has 0 bridgehead atoms. The normalized spacial score (nSPS) is 21.4. The number of nitrogens with zero attached hydrogens (tertiary/aromatic N) is 1. The van der Waals surface area contributed by atoms with E-state index in [2.05, 4.69) is 15.5 Å². The molecule has 1 aliphatic carbocycles. The molecule has 0 spiro atoms. The number of H-pyrrole nitrogens is 1. The van der Waals surface area contributed by atoms with Crippen molar-refractivity contribution in [1.29, 1.82) is 0 Å². The minimum Gasteiger partial charge on any atom is -0.308 e. The molecule has 3 rings (SSSR count). The van der Waals surface area contributed by atoms with Crippen LogP contribution in [0.1, 0.15) is 25.7 Å². The minimum atomic E-state index is -2.79. The lowest BCUT2D eigenvalue weighted by molar-refractivity contribution is -0.127. The average Bonchev–Trinajstić information content (AvgIpc) is 2.80. The Morgan fingerprint density at radius 1 is 1.43 bits per heavy atom. The Hall–Kier alpha value is -2.05. The fourth-order valence-electron chi connectivity index (χ4n) is 2.70. The van der Waals surface area contributed by atoms with Gasteiger partial charge in [0, 0.05) is 24.1 Å². The molecule has 0 radical (unpaired) electrons. The van der Waals surface area contributed by atoms with E-state index < -0.39 is 30.0 Å². The molecule has 7 heteroatoms. The summed E-state index contributed by atoms with van der Waals surface area (Å²) in [5.41, 5.74) is 0.570. The first-order valence-electron chi connectivity index (χ1n) is 6.77. The summed E-state index contributed by atoms with van der Waals surface area (Å²) in [5.74, 6) is -4.31. The summed E-state index contributed by atoms with van der Waals surface area (Å²) >= 11 is 0. The van der Waals surface area contributed by atoms with Gasteiger partial charge in [-0.2, -0.15) is 5.10 Å². The van der Waals surface area contributed by atoms with Crippen LogP contribution in [0.4, 0.5) is 19.0 Å². The lowest BCUT2D eigenvalue weighted by Crippen LogP contribution is -2.33. The smallest absolute Gasteiger partial charge is 0.248 e. The Kier molecular flexibility index (Phi) is 3.35. The highest BCUT2D eigenvalue weighted by Crippen LogP contribution is 2.37. The fourth-order valence-corrected chi connectivity index (χ4v) is 2.70. The van der Waals surface area contributed by atoms with Gasteiger partial charge in [-0.05, 0) is 31.0 Å². The molecule has 112 valence electrons. The molecule has 1 aromatic heterocycles. The first-order valence-corrected chi connectivity index (χ1v) is 6.77. The van der Waals surface area contributed by atoms with Gasteiger partial charge in [-0.25, -0.2) is 13.2 Å². The van der Waals surface area contributed by atoms with E-state index >= 15 is 0 Å². The first kappa shape index (κ1) is 13.9. The molecule has 2 aromatic rings. The molecular weight excluding hydrogens is 283 g/mol. The maximum absolute atomic E-state index is 13.3. The number of aromatic amines is 1. The predicted molar refractivity (Wildman–Crippen MR) is 71.6 cm³/mol. The van der Waals surface area contributed by atoms with Crippen LogP contribution in [-0.2, 0) is 4.79 Å². The first-order chi connectivity index (χ1) is 9.94. The molecule has 1 saturated carbocycles. The van der Waals surface area contributed by atoms with Crippen LogP contribution in [0, 0.1) is 11.7 Å². The molecule has 0 saturated heterocycles. The molecule has 1 heterocycles.